The van der Waals surface area contributed by atoms with Crippen LogP contribution in [0.3, 0.4) is 0 Å². The van der Waals surface area contributed by atoms with E-state index in [1.807, 2.05) is 0 Å². The average Bonchev–Trinajstić information content (AvgIpc) is 2.89. The molecule has 0 aromatic heterocycles. The second kappa shape index (κ2) is 28.2. The molecule has 0 unspecified atom stereocenters. The Bertz CT molecular complexity index is 436. The summed E-state index contributed by atoms with van der Waals surface area (Å²) in [6.45, 7) is 10.6. The predicted molar refractivity (Wildman–Crippen MR) is 163 cm³/mol. The van der Waals surface area contributed by atoms with Crippen molar-refractivity contribution < 1.29 is 7.87 Å². The molecule has 0 saturated heterocycles. The molecule has 0 atom stereocenters. The third kappa shape index (κ3) is 23.4. The average molecular weight is 617 g/mol. The molecular formula is C32H67NO2Sn. The van der Waals surface area contributed by atoms with Crippen LogP contribution in [-0.4, -0.2) is 37.8 Å². The van der Waals surface area contributed by atoms with Crippen LogP contribution in [0.5, 0.6) is 0 Å². The van der Waals surface area contributed by atoms with Gasteiger partial charge in [-0.25, -0.2) is 0 Å². The minimum atomic E-state index is -2.50. The topological polar surface area (TPSA) is 38.3 Å². The van der Waals surface area contributed by atoms with E-state index in [9.17, 15) is 4.79 Å². The van der Waals surface area contributed by atoms with E-state index in [2.05, 4.69) is 33.0 Å². The van der Waals surface area contributed by atoms with Gasteiger partial charge in [0.2, 0.25) is 0 Å². The van der Waals surface area contributed by atoms with Gasteiger partial charge in [0.1, 0.15) is 0 Å². The molecule has 0 bridgehead atoms. The number of hydrogen-bond donors (Lipinski definition) is 1. The molecular weight excluding hydrogens is 549 g/mol. The molecule has 0 heterocycles. The number of carbonyl (C=O) groups excluding carboxylic acids is 1. The van der Waals surface area contributed by atoms with Gasteiger partial charge in [-0.15, -0.1) is 0 Å². The van der Waals surface area contributed by atoms with Crippen molar-refractivity contribution >= 4 is 24.7 Å². The second-order valence-electron chi connectivity index (χ2n) is 11.4. The Kier molecular flexibility index (Phi) is 28.4. The Hall–Kier alpha value is 0.229. The Morgan fingerprint density at radius 2 is 0.889 bits per heavy atom. The molecule has 36 heavy (non-hydrogen) atoms. The van der Waals surface area contributed by atoms with Crippen LogP contribution in [0.15, 0.2) is 0 Å². The number of unbranched alkanes of at least 4 members (excludes halogenated alkanes) is 17. The summed E-state index contributed by atoms with van der Waals surface area (Å²) < 4.78 is 10.8. The Balaban J connectivity index is 3.74. The van der Waals surface area contributed by atoms with E-state index in [1.165, 1.54) is 142 Å². The Morgan fingerprint density at radius 3 is 1.28 bits per heavy atom. The van der Waals surface area contributed by atoms with Crippen LogP contribution in [0.25, 0.3) is 0 Å². The van der Waals surface area contributed by atoms with Crippen molar-refractivity contribution in [1.82, 2.24) is 5.32 Å². The molecule has 1 amide bonds. The monoisotopic (exact) mass is 617 g/mol. The molecule has 0 aliphatic heterocycles. The molecule has 0 spiro atoms. The fraction of sp³-hybridized carbons (Fsp3) is 0.969. The molecule has 0 aromatic rings. The van der Waals surface area contributed by atoms with Gasteiger partial charge in [0.15, 0.2) is 0 Å². The van der Waals surface area contributed by atoms with E-state index < -0.39 is 18.8 Å². The first-order valence-corrected chi connectivity index (χ1v) is 23.8. The van der Waals surface area contributed by atoms with Gasteiger partial charge in [0.25, 0.3) is 0 Å². The van der Waals surface area contributed by atoms with E-state index in [4.69, 9.17) is 3.07 Å². The molecule has 0 aromatic carbocycles. The van der Waals surface area contributed by atoms with Gasteiger partial charge in [-0.2, -0.15) is 0 Å². The summed E-state index contributed by atoms with van der Waals surface area (Å²) in [5.74, 6) is 0.227. The zero-order valence-corrected chi connectivity index (χ0v) is 28.3. The van der Waals surface area contributed by atoms with Crippen molar-refractivity contribution in [2.24, 2.45) is 0 Å². The molecule has 4 heteroatoms. The van der Waals surface area contributed by atoms with Crippen LogP contribution >= 0.6 is 0 Å². The van der Waals surface area contributed by atoms with Gasteiger partial charge >= 0.3 is 169 Å². The van der Waals surface area contributed by atoms with E-state index >= 15 is 0 Å². The number of nitrogens with one attached hydrogen (secondary N) is 1. The van der Waals surface area contributed by atoms with Crippen molar-refractivity contribution in [1.29, 1.82) is 0 Å². The number of hydrogen-bond acceptors (Lipinski definition) is 2. The van der Waals surface area contributed by atoms with Gasteiger partial charge in [-0.3, -0.25) is 0 Å². The standard InChI is InChI=1S/C20H40NO2.3C4H9.Sn/c1-2-3-4-5-6-7-8-9-10-11-12-13-14-15-16-17-20(23)21-18-19-22;3*1-3-4-2;/h2-19H2,1H3,(H,21,23);3*1,3-4H2,2H3;/q-1;;;;+1. The first kappa shape index (κ1) is 36.2. The Morgan fingerprint density at radius 1 is 0.528 bits per heavy atom. The van der Waals surface area contributed by atoms with E-state index in [0.717, 1.165) is 13.0 Å². The first-order chi connectivity index (χ1) is 17.6. The summed E-state index contributed by atoms with van der Waals surface area (Å²) in [5.41, 5.74) is 0. The maximum absolute atomic E-state index is 12.3. The van der Waals surface area contributed by atoms with Crippen LogP contribution in [0.4, 0.5) is 0 Å². The summed E-state index contributed by atoms with van der Waals surface area (Å²) in [6, 6.07) is 0. The fourth-order valence-corrected chi connectivity index (χ4v) is 18.7. The van der Waals surface area contributed by atoms with Gasteiger partial charge in [-0.05, 0) is 0 Å². The van der Waals surface area contributed by atoms with E-state index in [-0.39, 0.29) is 5.91 Å². The van der Waals surface area contributed by atoms with Crippen LogP contribution < -0.4 is 5.32 Å². The number of rotatable bonds is 29. The summed E-state index contributed by atoms with van der Waals surface area (Å²) in [5, 5.41) is 3.14. The van der Waals surface area contributed by atoms with Crippen molar-refractivity contribution in [3.8, 4) is 0 Å². The zero-order chi connectivity index (χ0) is 26.6. The minimum absolute atomic E-state index is 0.227. The Labute approximate surface area is 232 Å². The third-order valence-corrected chi connectivity index (χ3v) is 21.0. The summed E-state index contributed by atoms with van der Waals surface area (Å²) in [6.07, 6.45) is 29.0. The zero-order valence-electron chi connectivity index (χ0n) is 25.4. The molecule has 3 nitrogen and oxygen atoms in total. The molecule has 1 N–H and O–H groups in total. The maximum atomic E-state index is 12.3. The third-order valence-electron chi connectivity index (χ3n) is 7.80. The molecule has 0 rings (SSSR count). The fourth-order valence-electron chi connectivity index (χ4n) is 5.29. The van der Waals surface area contributed by atoms with Gasteiger partial charge in [0, 0.05) is 0 Å². The number of carbonyl (C=O) groups is 1. The van der Waals surface area contributed by atoms with E-state index in [0.29, 0.717) is 13.0 Å². The van der Waals surface area contributed by atoms with Gasteiger partial charge in [0.05, 0.1) is 0 Å². The van der Waals surface area contributed by atoms with Crippen molar-refractivity contribution in [2.75, 3.05) is 13.2 Å². The molecule has 0 aliphatic carbocycles. The predicted octanol–water partition coefficient (Wildman–Crippen LogP) is 10.7. The summed E-state index contributed by atoms with van der Waals surface area (Å²) in [7, 11) is 0. The van der Waals surface area contributed by atoms with Crippen LogP contribution in [0, 0.1) is 0 Å². The van der Waals surface area contributed by atoms with Gasteiger partial charge in [-0.1, -0.05) is 64.7 Å². The normalized spacial score (nSPS) is 11.8. The first-order valence-electron chi connectivity index (χ1n) is 16.5. The molecule has 0 saturated carbocycles. The van der Waals surface area contributed by atoms with Crippen LogP contribution in [0.2, 0.25) is 13.3 Å². The second-order valence-corrected chi connectivity index (χ2v) is 23.2. The summed E-state index contributed by atoms with van der Waals surface area (Å²) >= 11 is -2.50. The van der Waals surface area contributed by atoms with Crippen LogP contribution in [0.1, 0.15) is 169 Å². The molecule has 216 valence electrons. The summed E-state index contributed by atoms with van der Waals surface area (Å²) in [4.78, 5) is 12.3. The van der Waals surface area contributed by atoms with Crippen molar-refractivity contribution in [2.45, 2.75) is 182 Å². The van der Waals surface area contributed by atoms with Crippen molar-refractivity contribution in [3.63, 3.8) is 0 Å². The molecule has 0 fully saturated rings. The molecule has 0 radical (unpaired) electrons. The van der Waals surface area contributed by atoms with Crippen LogP contribution in [-0.2, 0) is 7.87 Å². The SMILES string of the molecule is CCCCCCCCCCCCCCCCCC(=O)NCC[O][Sn]([CH2]CCC)([CH2]CCC)[CH2]CCC. The van der Waals surface area contributed by atoms with Crippen molar-refractivity contribution in [3.05, 3.63) is 0 Å². The molecule has 0 aliphatic rings. The van der Waals surface area contributed by atoms with Gasteiger partial charge < -0.3 is 0 Å². The number of amides is 1. The quantitative estimate of drug-likeness (QED) is 0.0671. The van der Waals surface area contributed by atoms with E-state index in [1.54, 1.807) is 0 Å².